The second kappa shape index (κ2) is 4.49. The molecule has 0 aromatic rings. The van der Waals surface area contributed by atoms with E-state index in [0.717, 1.165) is 6.08 Å². The summed E-state index contributed by atoms with van der Waals surface area (Å²) in [6.07, 6.45) is -10.9. The van der Waals surface area contributed by atoms with Crippen LogP contribution in [0.25, 0.3) is 0 Å². The molecule has 1 fully saturated rings. The third kappa shape index (κ3) is 2.19. The van der Waals surface area contributed by atoms with Crippen molar-refractivity contribution in [2.75, 3.05) is 13.6 Å². The highest BCUT2D eigenvalue weighted by atomic mass is 19.4. The lowest BCUT2D eigenvalue weighted by Gasteiger charge is -2.37. The molecule has 11 heteroatoms. The molecular weight excluding hydrogens is 286 g/mol. The number of carbonyl (C=O) groups excluding carboxylic acids is 2. The minimum Gasteiger partial charge on any atom is -0.423 e. The maximum Gasteiger partial charge on any atom is 0.453 e. The molecule has 108 valence electrons. The van der Waals surface area contributed by atoms with Crippen LogP contribution >= 0.6 is 0 Å². The van der Waals surface area contributed by atoms with Crippen LogP contribution < -0.4 is 0 Å². The zero-order valence-electron chi connectivity index (χ0n) is 9.17. The Balaban J connectivity index is 3.30. The van der Waals surface area contributed by atoms with Crippen molar-refractivity contribution in [3.05, 3.63) is 0 Å². The highest BCUT2D eigenvalue weighted by Crippen LogP contribution is 2.51. The summed E-state index contributed by atoms with van der Waals surface area (Å²) in [5.41, 5.74) is -4.74. The van der Waals surface area contributed by atoms with Crippen LogP contribution in [0.3, 0.4) is 0 Å². The SMILES string of the molecule is CN1[C@@H](CN=C=O)C(=O)OC1(C(F)(F)F)C(F)(F)F. The molecule has 0 radical (unpaired) electrons. The van der Waals surface area contributed by atoms with Crippen LogP contribution in [-0.4, -0.2) is 54.7 Å². The van der Waals surface area contributed by atoms with Crippen molar-refractivity contribution in [2.24, 2.45) is 4.99 Å². The Kier molecular flexibility index (Phi) is 3.65. The summed E-state index contributed by atoms with van der Waals surface area (Å²) in [6.45, 7) is -0.910. The molecule has 1 heterocycles. The number of rotatable bonds is 2. The number of carbonyl (C=O) groups is 1. The first-order chi connectivity index (χ1) is 8.49. The Morgan fingerprint density at radius 1 is 1.32 bits per heavy atom. The molecule has 0 saturated carbocycles. The molecule has 0 spiro atoms. The molecular formula is C8H6F6N2O3. The van der Waals surface area contributed by atoms with Gasteiger partial charge in [0, 0.05) is 0 Å². The number of alkyl halides is 6. The fraction of sp³-hybridized carbons (Fsp3) is 0.750. The second-order valence-electron chi connectivity index (χ2n) is 3.62. The van der Waals surface area contributed by atoms with Gasteiger partial charge >= 0.3 is 24.0 Å². The third-order valence-corrected chi connectivity index (χ3v) is 2.58. The van der Waals surface area contributed by atoms with E-state index in [4.69, 9.17) is 0 Å². The standard InChI is InChI=1S/C8H6F6N2O3/c1-16-4(2-15-3-17)5(18)19-6(16,7(9,10)11)8(12,13)14/h4H,2H2,1H3/t4-/m0/s1. The normalized spacial score (nSPS) is 23.9. The molecule has 0 amide bonds. The van der Waals surface area contributed by atoms with Crippen molar-refractivity contribution in [3.63, 3.8) is 0 Å². The van der Waals surface area contributed by atoms with Gasteiger partial charge in [-0.1, -0.05) is 0 Å². The van der Waals surface area contributed by atoms with Gasteiger partial charge in [0.05, 0.1) is 6.54 Å². The van der Waals surface area contributed by atoms with Gasteiger partial charge < -0.3 is 4.74 Å². The maximum absolute atomic E-state index is 12.7. The largest absolute Gasteiger partial charge is 0.453 e. The molecule has 19 heavy (non-hydrogen) atoms. The Morgan fingerprint density at radius 3 is 2.11 bits per heavy atom. The molecule has 1 aliphatic heterocycles. The molecule has 1 aliphatic rings. The van der Waals surface area contributed by atoms with E-state index in [9.17, 15) is 35.9 Å². The molecule has 1 rings (SSSR count). The van der Waals surface area contributed by atoms with Crippen molar-refractivity contribution >= 4 is 12.0 Å². The van der Waals surface area contributed by atoms with E-state index in [1.807, 2.05) is 0 Å². The number of isocyanates is 1. The minimum absolute atomic E-state index is 0.337. The Morgan fingerprint density at radius 2 is 1.79 bits per heavy atom. The summed E-state index contributed by atoms with van der Waals surface area (Å²) in [6, 6.07) is -1.97. The second-order valence-corrected chi connectivity index (χ2v) is 3.62. The molecule has 0 aliphatic carbocycles. The number of cyclic esters (lactones) is 1. The third-order valence-electron chi connectivity index (χ3n) is 2.58. The van der Waals surface area contributed by atoms with Crippen molar-refractivity contribution in [1.82, 2.24) is 4.90 Å². The van der Waals surface area contributed by atoms with Crippen LogP contribution in [0.15, 0.2) is 4.99 Å². The van der Waals surface area contributed by atoms with Crippen LogP contribution in [0.1, 0.15) is 0 Å². The average Bonchev–Trinajstić information content (AvgIpc) is 2.47. The number of aliphatic imine (C=N–C) groups is 1. The van der Waals surface area contributed by atoms with Gasteiger partial charge in [-0.3, -0.25) is 4.79 Å². The van der Waals surface area contributed by atoms with Gasteiger partial charge in [0.15, 0.2) is 0 Å². The summed E-state index contributed by atoms with van der Waals surface area (Å²) < 4.78 is 79.7. The van der Waals surface area contributed by atoms with E-state index in [0.29, 0.717) is 7.05 Å². The van der Waals surface area contributed by atoms with Crippen molar-refractivity contribution in [2.45, 2.75) is 24.1 Å². The summed E-state index contributed by atoms with van der Waals surface area (Å²) in [5.74, 6) is -1.77. The Hall–Kier alpha value is -1.61. The van der Waals surface area contributed by atoms with Gasteiger partial charge in [0.25, 0.3) is 0 Å². The minimum atomic E-state index is -5.89. The number of ether oxygens (including phenoxy) is 1. The molecule has 0 aromatic heterocycles. The lowest BCUT2D eigenvalue weighted by atomic mass is 10.1. The van der Waals surface area contributed by atoms with Gasteiger partial charge in [-0.15, -0.1) is 0 Å². The summed E-state index contributed by atoms with van der Waals surface area (Å²) >= 11 is 0. The summed E-state index contributed by atoms with van der Waals surface area (Å²) in [7, 11) is 0.414. The van der Waals surface area contributed by atoms with Crippen molar-refractivity contribution in [1.29, 1.82) is 0 Å². The number of esters is 1. The van der Waals surface area contributed by atoms with E-state index >= 15 is 0 Å². The van der Waals surface area contributed by atoms with E-state index in [-0.39, 0.29) is 4.90 Å². The highest BCUT2D eigenvalue weighted by molar-refractivity contribution is 5.79. The van der Waals surface area contributed by atoms with E-state index in [1.54, 1.807) is 0 Å². The molecule has 1 saturated heterocycles. The highest BCUT2D eigenvalue weighted by Gasteiger charge is 2.81. The Labute approximate surface area is 101 Å². The van der Waals surface area contributed by atoms with E-state index in [1.165, 1.54) is 0 Å². The number of likely N-dealkylation sites (N-methyl/N-ethyl adjacent to an activating group) is 1. The molecule has 1 atom stereocenters. The molecule has 0 aromatic carbocycles. The van der Waals surface area contributed by atoms with E-state index < -0.39 is 36.6 Å². The first-order valence-corrected chi connectivity index (χ1v) is 4.62. The lowest BCUT2D eigenvalue weighted by molar-refractivity contribution is -0.398. The first kappa shape index (κ1) is 15.4. The quantitative estimate of drug-likeness (QED) is 0.330. The lowest BCUT2D eigenvalue weighted by Crippen LogP contribution is -2.65. The van der Waals surface area contributed by atoms with Gasteiger partial charge in [-0.05, 0) is 7.05 Å². The molecule has 0 N–H and O–H groups in total. The smallest absolute Gasteiger partial charge is 0.423 e. The zero-order valence-corrected chi connectivity index (χ0v) is 9.17. The zero-order chi connectivity index (χ0) is 15.1. The van der Waals surface area contributed by atoms with Crippen molar-refractivity contribution in [3.8, 4) is 0 Å². The van der Waals surface area contributed by atoms with Crippen LogP contribution in [0.4, 0.5) is 26.3 Å². The maximum atomic E-state index is 12.7. The number of hydrogen-bond acceptors (Lipinski definition) is 5. The number of hydrogen-bond donors (Lipinski definition) is 0. The summed E-state index contributed by atoms with van der Waals surface area (Å²) in [5, 5.41) is 0. The molecule has 0 unspecified atom stereocenters. The summed E-state index contributed by atoms with van der Waals surface area (Å²) in [4.78, 5) is 23.4. The van der Waals surface area contributed by atoms with Gasteiger partial charge in [-0.2, -0.15) is 26.3 Å². The molecule has 0 bridgehead atoms. The van der Waals surface area contributed by atoms with Crippen LogP contribution in [0.5, 0.6) is 0 Å². The fourth-order valence-corrected chi connectivity index (χ4v) is 1.66. The fourth-order valence-electron chi connectivity index (χ4n) is 1.66. The molecule has 5 nitrogen and oxygen atoms in total. The number of halogens is 6. The average molecular weight is 292 g/mol. The topological polar surface area (TPSA) is 59.0 Å². The monoisotopic (exact) mass is 292 g/mol. The predicted octanol–water partition coefficient (Wildman–Crippen LogP) is 1.00. The van der Waals surface area contributed by atoms with Gasteiger partial charge in [0.2, 0.25) is 6.08 Å². The van der Waals surface area contributed by atoms with E-state index in [2.05, 4.69) is 9.73 Å². The predicted molar refractivity (Wildman–Crippen MR) is 45.5 cm³/mol. The number of nitrogens with zero attached hydrogens (tertiary/aromatic N) is 2. The van der Waals surface area contributed by atoms with Crippen molar-refractivity contribution < 1.29 is 40.7 Å². The first-order valence-electron chi connectivity index (χ1n) is 4.62. The van der Waals surface area contributed by atoms with Crippen LogP contribution in [0, 0.1) is 0 Å². The van der Waals surface area contributed by atoms with Crippen LogP contribution in [0.2, 0.25) is 0 Å². The van der Waals surface area contributed by atoms with Gasteiger partial charge in [-0.25, -0.2) is 14.7 Å². The van der Waals surface area contributed by atoms with Crippen LogP contribution in [-0.2, 0) is 14.3 Å². The Bertz CT molecular complexity index is 411. The van der Waals surface area contributed by atoms with Gasteiger partial charge in [0.1, 0.15) is 6.04 Å².